The second kappa shape index (κ2) is 6.87. The summed E-state index contributed by atoms with van der Waals surface area (Å²) < 4.78 is 11.2. The first-order valence-corrected chi connectivity index (χ1v) is 8.30. The van der Waals surface area contributed by atoms with Crippen LogP contribution in [0.5, 0.6) is 11.5 Å². The minimum absolute atomic E-state index is 0.342. The fraction of sp³-hybridized carbons (Fsp3) is 0.300. The van der Waals surface area contributed by atoms with Crippen LogP contribution in [0.3, 0.4) is 0 Å². The third kappa shape index (κ3) is 3.18. The number of benzene rings is 2. The molecule has 0 aliphatic carbocycles. The molecule has 1 heterocycles. The molecule has 2 aromatic rings. The van der Waals surface area contributed by atoms with E-state index in [0.29, 0.717) is 23.6 Å². The molecule has 1 aliphatic heterocycles. The van der Waals surface area contributed by atoms with Crippen molar-refractivity contribution in [1.29, 1.82) is 0 Å². The maximum absolute atomic E-state index is 12.0. The second-order valence-corrected chi connectivity index (χ2v) is 5.81. The van der Waals surface area contributed by atoms with Crippen LogP contribution in [-0.2, 0) is 4.74 Å². The maximum Gasteiger partial charge on any atom is 0.338 e. The van der Waals surface area contributed by atoms with Crippen LogP contribution in [0.1, 0.15) is 48.2 Å². The van der Waals surface area contributed by atoms with E-state index in [4.69, 9.17) is 14.5 Å². The van der Waals surface area contributed by atoms with E-state index in [-0.39, 0.29) is 5.97 Å². The summed E-state index contributed by atoms with van der Waals surface area (Å²) >= 11 is 0. The topological polar surface area (TPSA) is 47.9 Å². The van der Waals surface area contributed by atoms with Gasteiger partial charge in [-0.25, -0.2) is 9.79 Å². The van der Waals surface area contributed by atoms with E-state index in [9.17, 15) is 4.79 Å². The summed E-state index contributed by atoms with van der Waals surface area (Å²) in [5.74, 6) is 1.12. The van der Waals surface area contributed by atoms with Gasteiger partial charge in [0.1, 0.15) is 11.4 Å². The second-order valence-electron chi connectivity index (χ2n) is 5.81. The van der Waals surface area contributed by atoms with Crippen LogP contribution in [0.25, 0.3) is 0 Å². The number of ether oxygens (including phenoxy) is 2. The molecule has 24 heavy (non-hydrogen) atoms. The highest BCUT2D eigenvalue weighted by Crippen LogP contribution is 2.39. The highest BCUT2D eigenvalue weighted by Gasteiger charge is 2.19. The lowest BCUT2D eigenvalue weighted by atomic mass is 10.0. The average Bonchev–Trinajstić information content (AvgIpc) is 2.70. The van der Waals surface area contributed by atoms with Gasteiger partial charge in [0.2, 0.25) is 0 Å². The Labute approximate surface area is 142 Å². The van der Waals surface area contributed by atoms with E-state index >= 15 is 0 Å². The van der Waals surface area contributed by atoms with Crippen molar-refractivity contribution in [3.05, 3.63) is 53.1 Å². The van der Waals surface area contributed by atoms with Crippen LogP contribution < -0.4 is 4.74 Å². The molecule has 0 saturated carbocycles. The maximum atomic E-state index is 12.0. The number of hydrogen-bond acceptors (Lipinski definition) is 4. The van der Waals surface area contributed by atoms with E-state index in [2.05, 4.69) is 19.1 Å². The molecule has 0 radical (unpaired) electrons. The number of nitrogens with zero attached hydrogens (tertiary/aromatic N) is 1. The predicted octanol–water partition coefficient (Wildman–Crippen LogP) is 5.20. The molecular formula is C20H21NO3. The Hall–Kier alpha value is -2.62. The van der Waals surface area contributed by atoms with Crippen molar-refractivity contribution in [3.8, 4) is 11.5 Å². The molecule has 124 valence electrons. The number of hydrogen-bond donors (Lipinski definition) is 0. The van der Waals surface area contributed by atoms with E-state index in [1.807, 2.05) is 13.0 Å². The number of rotatable bonds is 4. The van der Waals surface area contributed by atoms with Crippen molar-refractivity contribution in [2.45, 2.75) is 33.6 Å². The lowest BCUT2D eigenvalue weighted by Gasteiger charge is -2.10. The molecule has 0 bridgehead atoms. The molecular weight excluding hydrogens is 302 g/mol. The van der Waals surface area contributed by atoms with Crippen molar-refractivity contribution in [1.82, 2.24) is 0 Å². The zero-order valence-electron chi connectivity index (χ0n) is 14.3. The summed E-state index contributed by atoms with van der Waals surface area (Å²) in [6, 6.07) is 11.4. The van der Waals surface area contributed by atoms with Crippen LogP contribution in [-0.4, -0.2) is 18.3 Å². The molecule has 0 fully saturated rings. The number of fused-ring (bicyclic) bond motifs is 2. The van der Waals surface area contributed by atoms with Gasteiger partial charge in [-0.3, -0.25) is 0 Å². The summed E-state index contributed by atoms with van der Waals surface area (Å²) in [6.07, 6.45) is 1.83. The molecule has 0 spiro atoms. The first-order chi connectivity index (χ1) is 11.6. The zero-order chi connectivity index (χ0) is 17.1. The Kier molecular flexibility index (Phi) is 4.65. The van der Waals surface area contributed by atoms with E-state index in [1.165, 1.54) is 0 Å². The number of carbonyl (C=O) groups is 1. The van der Waals surface area contributed by atoms with Gasteiger partial charge < -0.3 is 9.47 Å². The van der Waals surface area contributed by atoms with Gasteiger partial charge >= 0.3 is 5.97 Å². The third-order valence-corrected chi connectivity index (χ3v) is 3.88. The summed E-state index contributed by atoms with van der Waals surface area (Å²) in [7, 11) is 0. The van der Waals surface area contributed by atoms with Gasteiger partial charge in [0.25, 0.3) is 0 Å². The molecule has 0 atom stereocenters. The lowest BCUT2D eigenvalue weighted by Crippen LogP contribution is -2.04. The zero-order valence-corrected chi connectivity index (χ0v) is 14.3. The Morgan fingerprint density at radius 3 is 2.71 bits per heavy atom. The molecule has 4 nitrogen and oxygen atoms in total. The first kappa shape index (κ1) is 16.2. The monoisotopic (exact) mass is 323 g/mol. The van der Waals surface area contributed by atoms with Crippen molar-refractivity contribution >= 4 is 17.4 Å². The first-order valence-electron chi connectivity index (χ1n) is 8.30. The molecule has 0 saturated heterocycles. The van der Waals surface area contributed by atoms with Gasteiger partial charge in [-0.05, 0) is 56.2 Å². The number of aliphatic imine (C=N–C) groups is 1. The van der Waals surface area contributed by atoms with Crippen LogP contribution >= 0.6 is 0 Å². The molecule has 0 aromatic heterocycles. The fourth-order valence-electron chi connectivity index (χ4n) is 2.74. The Balaban J connectivity index is 2.10. The van der Waals surface area contributed by atoms with Gasteiger partial charge in [0, 0.05) is 5.56 Å². The van der Waals surface area contributed by atoms with Gasteiger partial charge in [0.15, 0.2) is 5.75 Å². The average molecular weight is 323 g/mol. The smallest absolute Gasteiger partial charge is 0.338 e. The van der Waals surface area contributed by atoms with E-state index in [0.717, 1.165) is 35.4 Å². The van der Waals surface area contributed by atoms with Crippen LogP contribution in [0.15, 0.2) is 41.4 Å². The summed E-state index contributed by atoms with van der Waals surface area (Å²) in [4.78, 5) is 16.8. The van der Waals surface area contributed by atoms with Crippen LogP contribution in [0.4, 0.5) is 5.69 Å². The van der Waals surface area contributed by atoms with Crippen LogP contribution in [0, 0.1) is 6.92 Å². The Morgan fingerprint density at radius 2 is 1.96 bits per heavy atom. The van der Waals surface area contributed by atoms with E-state index < -0.39 is 0 Å². The molecule has 0 N–H and O–H groups in total. The molecule has 1 aliphatic rings. The third-order valence-electron chi connectivity index (χ3n) is 3.88. The normalized spacial score (nSPS) is 12.4. The minimum Gasteiger partial charge on any atom is -0.462 e. The summed E-state index contributed by atoms with van der Waals surface area (Å²) in [5.41, 5.74) is 4.28. The molecule has 2 aromatic carbocycles. The molecule has 4 heteroatoms. The Morgan fingerprint density at radius 1 is 1.12 bits per heavy atom. The SMILES string of the molecule is CCCC1=Nc2cc(C(=O)OCC)ccc2Oc2cc(C)ccc21. The quantitative estimate of drug-likeness (QED) is 0.727. The molecule has 0 amide bonds. The van der Waals surface area contributed by atoms with Gasteiger partial charge in [-0.1, -0.05) is 19.4 Å². The van der Waals surface area contributed by atoms with Crippen molar-refractivity contribution in [2.75, 3.05) is 6.61 Å². The summed E-state index contributed by atoms with van der Waals surface area (Å²) in [6.45, 7) is 6.30. The fourth-order valence-corrected chi connectivity index (χ4v) is 2.74. The predicted molar refractivity (Wildman–Crippen MR) is 94.8 cm³/mol. The van der Waals surface area contributed by atoms with Crippen LogP contribution in [0.2, 0.25) is 0 Å². The Bertz CT molecular complexity index is 809. The van der Waals surface area contributed by atoms with Gasteiger partial charge in [-0.2, -0.15) is 0 Å². The molecule has 3 rings (SSSR count). The summed E-state index contributed by atoms with van der Waals surface area (Å²) in [5, 5.41) is 0. The lowest BCUT2D eigenvalue weighted by molar-refractivity contribution is 0.0526. The van der Waals surface area contributed by atoms with Crippen molar-refractivity contribution in [2.24, 2.45) is 4.99 Å². The highest BCUT2D eigenvalue weighted by atomic mass is 16.5. The van der Waals surface area contributed by atoms with E-state index in [1.54, 1.807) is 25.1 Å². The number of aryl methyl sites for hydroxylation is 1. The number of esters is 1. The van der Waals surface area contributed by atoms with Gasteiger partial charge in [-0.15, -0.1) is 0 Å². The highest BCUT2D eigenvalue weighted by molar-refractivity contribution is 6.05. The minimum atomic E-state index is -0.342. The number of carbonyl (C=O) groups excluding carboxylic acids is 1. The van der Waals surface area contributed by atoms with Crippen molar-refractivity contribution < 1.29 is 14.3 Å². The van der Waals surface area contributed by atoms with Gasteiger partial charge in [0.05, 0.1) is 17.9 Å². The molecule has 0 unspecified atom stereocenters. The van der Waals surface area contributed by atoms with Crippen molar-refractivity contribution in [3.63, 3.8) is 0 Å². The standard InChI is InChI=1S/C20H21NO3/c1-4-6-16-15-9-7-13(3)11-19(15)24-18-10-8-14(12-17(18)21-16)20(22)23-5-2/h7-12H,4-6H2,1-3H3. The largest absolute Gasteiger partial charge is 0.462 e.